The van der Waals surface area contributed by atoms with E-state index in [2.05, 4.69) is 0 Å². The van der Waals surface area contributed by atoms with Crippen molar-refractivity contribution in [3.8, 4) is 0 Å². The van der Waals surface area contributed by atoms with Crippen LogP contribution in [0.1, 0.15) is 19.4 Å². The van der Waals surface area contributed by atoms with Gasteiger partial charge in [0.2, 0.25) is 0 Å². The highest BCUT2D eigenvalue weighted by Gasteiger charge is 1.93. The van der Waals surface area contributed by atoms with Crippen LogP contribution in [0.25, 0.3) is 0 Å². The molecular weight excluding hydrogens is 322 g/mol. The zero-order valence-corrected chi connectivity index (χ0v) is 14.1. The Hall–Kier alpha value is -0.400. The fraction of sp³-hybridized carbons (Fsp3) is 0.200. The van der Waals surface area contributed by atoms with E-state index in [1.165, 1.54) is 0 Å². The van der Waals surface area contributed by atoms with Crippen molar-refractivity contribution in [2.24, 2.45) is 0 Å². The largest absolute Gasteiger partial charge is 0.0827 e. The van der Waals surface area contributed by atoms with E-state index in [9.17, 15) is 0 Å². The molecule has 0 nitrogen and oxygen atoms in total. The lowest BCUT2D eigenvalue weighted by Gasteiger charge is -1.94. The number of rotatable bonds is 0. The monoisotopic (exact) mass is 336 g/mol. The van der Waals surface area contributed by atoms with Crippen molar-refractivity contribution in [3.05, 3.63) is 68.1 Å². The summed E-state index contributed by atoms with van der Waals surface area (Å²) in [7, 11) is 0. The summed E-state index contributed by atoms with van der Waals surface area (Å²) >= 11 is 22.5. The maximum Gasteiger partial charge on any atom is 0.0594 e. The van der Waals surface area contributed by atoms with Crippen LogP contribution in [0.4, 0.5) is 0 Å². The maximum atomic E-state index is 5.68. The van der Waals surface area contributed by atoms with Gasteiger partial charge < -0.3 is 0 Å². The molecule has 0 aliphatic heterocycles. The molecule has 0 N–H and O–H groups in total. The Labute approximate surface area is 135 Å². The van der Waals surface area contributed by atoms with Crippen LogP contribution in [0.15, 0.2) is 42.5 Å². The average molecular weight is 338 g/mol. The second-order valence-corrected chi connectivity index (χ2v) is 4.96. The van der Waals surface area contributed by atoms with E-state index in [1.54, 1.807) is 18.2 Å². The smallest absolute Gasteiger partial charge is 0.0594 e. The van der Waals surface area contributed by atoms with Crippen molar-refractivity contribution in [2.45, 2.75) is 20.8 Å². The lowest BCUT2D eigenvalue weighted by molar-refractivity contribution is 1.47. The molecule has 2 aromatic carbocycles. The van der Waals surface area contributed by atoms with E-state index in [1.807, 2.05) is 45.0 Å². The number of hydrogen-bond donors (Lipinski definition) is 0. The second kappa shape index (κ2) is 10.4. The van der Waals surface area contributed by atoms with Gasteiger partial charge in [0.15, 0.2) is 0 Å². The van der Waals surface area contributed by atoms with Gasteiger partial charge in [-0.1, -0.05) is 78.5 Å². The summed E-state index contributed by atoms with van der Waals surface area (Å²) in [5, 5.41) is 2.45. The number of aryl methyl sites for hydroxylation is 1. The lowest BCUT2D eigenvalue weighted by Crippen LogP contribution is -1.70. The first-order valence-corrected chi connectivity index (χ1v) is 7.33. The first-order chi connectivity index (χ1) is 9.00. The third kappa shape index (κ3) is 7.69. The molecular formula is C15H16Cl4. The van der Waals surface area contributed by atoms with Crippen molar-refractivity contribution in [1.29, 1.82) is 0 Å². The summed E-state index contributed by atoms with van der Waals surface area (Å²) in [6, 6.07) is 12.7. The van der Waals surface area contributed by atoms with E-state index < -0.39 is 0 Å². The molecule has 0 spiro atoms. The molecule has 0 aliphatic carbocycles. The Balaban J connectivity index is 0.000000303. The van der Waals surface area contributed by atoms with Crippen LogP contribution in [0.5, 0.6) is 0 Å². The SMILES string of the molecule is CC.Cc1ccc(Cl)c(Cl)c1.Clc1ccccc1Cl. The van der Waals surface area contributed by atoms with Crippen LogP contribution in [-0.4, -0.2) is 0 Å². The zero-order valence-electron chi connectivity index (χ0n) is 11.1. The molecule has 0 atom stereocenters. The molecule has 0 saturated carbocycles. The topological polar surface area (TPSA) is 0 Å². The maximum absolute atomic E-state index is 5.68. The summed E-state index contributed by atoms with van der Waals surface area (Å²) in [5.74, 6) is 0. The van der Waals surface area contributed by atoms with Gasteiger partial charge in [-0.3, -0.25) is 0 Å². The van der Waals surface area contributed by atoms with Crippen molar-refractivity contribution in [1.82, 2.24) is 0 Å². The van der Waals surface area contributed by atoms with Crippen molar-refractivity contribution in [3.63, 3.8) is 0 Å². The van der Waals surface area contributed by atoms with Crippen LogP contribution in [-0.2, 0) is 0 Å². The van der Waals surface area contributed by atoms with Crippen molar-refractivity contribution >= 4 is 46.4 Å². The standard InChI is InChI=1S/C7H6Cl2.C6H4Cl2.C2H6/c1-5-2-3-6(8)7(9)4-5;7-5-3-1-2-4-6(5)8;1-2/h2-4H,1H3;1-4H;1-2H3. The van der Waals surface area contributed by atoms with Gasteiger partial charge >= 0.3 is 0 Å². The Bertz CT molecular complexity index is 474. The Kier molecular flexibility index (Phi) is 10.2. The third-order valence-corrected chi connectivity index (χ3v) is 3.39. The first kappa shape index (κ1) is 18.6. The predicted octanol–water partition coefficient (Wildman–Crippen LogP) is 7.32. The summed E-state index contributed by atoms with van der Waals surface area (Å²) < 4.78 is 0. The number of hydrogen-bond acceptors (Lipinski definition) is 0. The van der Waals surface area contributed by atoms with Crippen LogP contribution >= 0.6 is 46.4 Å². The molecule has 0 aliphatic rings. The van der Waals surface area contributed by atoms with Crippen LogP contribution < -0.4 is 0 Å². The van der Waals surface area contributed by atoms with Gasteiger partial charge in [-0.25, -0.2) is 0 Å². The summed E-state index contributed by atoms with van der Waals surface area (Å²) in [6.07, 6.45) is 0. The summed E-state index contributed by atoms with van der Waals surface area (Å²) in [4.78, 5) is 0. The predicted molar refractivity (Wildman–Crippen MR) is 89.0 cm³/mol. The lowest BCUT2D eigenvalue weighted by atomic mass is 10.2. The van der Waals surface area contributed by atoms with Gasteiger partial charge in [-0.05, 0) is 36.8 Å². The van der Waals surface area contributed by atoms with E-state index in [4.69, 9.17) is 46.4 Å². The van der Waals surface area contributed by atoms with Crippen LogP contribution in [0.3, 0.4) is 0 Å². The number of benzene rings is 2. The minimum atomic E-state index is 0.606. The van der Waals surface area contributed by atoms with E-state index >= 15 is 0 Å². The van der Waals surface area contributed by atoms with Crippen molar-refractivity contribution in [2.75, 3.05) is 0 Å². The minimum Gasteiger partial charge on any atom is -0.0827 e. The molecule has 0 aromatic heterocycles. The van der Waals surface area contributed by atoms with Crippen molar-refractivity contribution < 1.29 is 0 Å². The fourth-order valence-corrected chi connectivity index (χ4v) is 1.66. The average Bonchev–Trinajstić information content (AvgIpc) is 2.41. The normalized spacial score (nSPS) is 8.79. The van der Waals surface area contributed by atoms with Gasteiger partial charge in [-0.15, -0.1) is 0 Å². The highest BCUT2D eigenvalue weighted by Crippen LogP contribution is 2.21. The van der Waals surface area contributed by atoms with E-state index in [0.29, 0.717) is 20.1 Å². The molecule has 0 heterocycles. The van der Waals surface area contributed by atoms with E-state index in [0.717, 1.165) is 5.56 Å². The molecule has 0 bridgehead atoms. The second-order valence-electron chi connectivity index (χ2n) is 3.33. The minimum absolute atomic E-state index is 0.606. The molecule has 104 valence electrons. The van der Waals surface area contributed by atoms with Crippen LogP contribution in [0.2, 0.25) is 20.1 Å². The molecule has 19 heavy (non-hydrogen) atoms. The zero-order chi connectivity index (χ0) is 14.8. The fourth-order valence-electron chi connectivity index (χ4n) is 1.04. The van der Waals surface area contributed by atoms with Crippen LogP contribution in [0, 0.1) is 6.92 Å². The number of halogens is 4. The molecule has 4 heteroatoms. The molecule has 0 fully saturated rings. The van der Waals surface area contributed by atoms with Gasteiger partial charge in [0.05, 0.1) is 20.1 Å². The Morgan fingerprint density at radius 2 is 1.05 bits per heavy atom. The third-order valence-electron chi connectivity index (χ3n) is 1.90. The highest BCUT2D eigenvalue weighted by atomic mass is 35.5. The molecule has 0 radical (unpaired) electrons. The van der Waals surface area contributed by atoms with Gasteiger partial charge in [0.1, 0.15) is 0 Å². The Morgan fingerprint density at radius 1 is 0.632 bits per heavy atom. The first-order valence-electron chi connectivity index (χ1n) is 5.82. The Morgan fingerprint density at radius 3 is 1.37 bits per heavy atom. The highest BCUT2D eigenvalue weighted by molar-refractivity contribution is 6.42. The molecule has 0 saturated heterocycles. The quantitative estimate of drug-likeness (QED) is 0.472. The molecule has 0 unspecified atom stereocenters. The molecule has 2 rings (SSSR count). The van der Waals surface area contributed by atoms with Gasteiger partial charge in [-0.2, -0.15) is 0 Å². The molecule has 2 aromatic rings. The molecule has 0 amide bonds. The van der Waals surface area contributed by atoms with Gasteiger partial charge in [0, 0.05) is 0 Å². The summed E-state index contributed by atoms with van der Waals surface area (Å²) in [6.45, 7) is 5.97. The van der Waals surface area contributed by atoms with Gasteiger partial charge in [0.25, 0.3) is 0 Å². The van der Waals surface area contributed by atoms with E-state index in [-0.39, 0.29) is 0 Å². The summed E-state index contributed by atoms with van der Waals surface area (Å²) in [5.41, 5.74) is 1.13.